The van der Waals surface area contributed by atoms with Crippen molar-refractivity contribution in [3.8, 4) is 5.69 Å². The van der Waals surface area contributed by atoms with Gasteiger partial charge in [-0.15, -0.1) is 0 Å². The number of anilines is 1. The lowest BCUT2D eigenvalue weighted by molar-refractivity contribution is 0.985. The molecular weight excluding hydrogens is 178 g/mol. The Bertz CT molecular complexity index is 510. The first kappa shape index (κ1) is 8.62. The average molecular weight is 189 g/mol. The second-order valence-corrected chi connectivity index (χ2v) is 3.18. The molecule has 3 N–H and O–H groups in total. The molecule has 0 bridgehead atoms. The van der Waals surface area contributed by atoms with Crippen LogP contribution >= 0.6 is 0 Å². The highest BCUT2D eigenvalue weighted by Gasteiger charge is 2.01. The van der Waals surface area contributed by atoms with E-state index in [4.69, 9.17) is 5.73 Å². The number of hydrogen-bond acceptors (Lipinski definition) is 2. The lowest BCUT2D eigenvalue weighted by Gasteiger charge is -2.04. The number of nitrogens with two attached hydrogens (primary N) is 1. The van der Waals surface area contributed by atoms with Gasteiger partial charge in [0, 0.05) is 18.1 Å². The molecule has 0 fully saturated rings. The Morgan fingerprint density at radius 3 is 2.79 bits per heavy atom. The van der Waals surface area contributed by atoms with Crippen LogP contribution < -0.4 is 11.4 Å². The Hall–Kier alpha value is -1.97. The van der Waals surface area contributed by atoms with Crippen LogP contribution in [0, 0.1) is 6.92 Å². The van der Waals surface area contributed by atoms with Crippen LogP contribution in [-0.4, -0.2) is 9.55 Å². The van der Waals surface area contributed by atoms with Crippen molar-refractivity contribution in [3.63, 3.8) is 0 Å². The van der Waals surface area contributed by atoms with Crippen molar-refractivity contribution in [3.05, 3.63) is 46.6 Å². The van der Waals surface area contributed by atoms with Crippen molar-refractivity contribution in [2.24, 2.45) is 0 Å². The zero-order valence-electron chi connectivity index (χ0n) is 7.82. The van der Waals surface area contributed by atoms with E-state index in [2.05, 4.69) is 4.98 Å². The van der Waals surface area contributed by atoms with E-state index < -0.39 is 0 Å². The van der Waals surface area contributed by atoms with Gasteiger partial charge in [0.05, 0.1) is 5.69 Å². The summed E-state index contributed by atoms with van der Waals surface area (Å²) in [6.45, 7) is 1.91. The number of aromatic amines is 1. The standard InChI is InChI=1S/C10H11N3O/c1-7-6-8(2-3-9(7)11)13-5-4-12-10(13)14/h2-6H,11H2,1H3,(H,12,14). The molecule has 1 aromatic heterocycles. The molecule has 0 aliphatic carbocycles. The van der Waals surface area contributed by atoms with Gasteiger partial charge in [-0.05, 0) is 30.7 Å². The first-order chi connectivity index (χ1) is 6.68. The highest BCUT2D eigenvalue weighted by atomic mass is 16.1. The van der Waals surface area contributed by atoms with Gasteiger partial charge in [0.2, 0.25) is 0 Å². The third-order valence-corrected chi connectivity index (χ3v) is 2.18. The van der Waals surface area contributed by atoms with Gasteiger partial charge in [0.15, 0.2) is 0 Å². The van der Waals surface area contributed by atoms with Crippen LogP contribution in [0.4, 0.5) is 5.69 Å². The van der Waals surface area contributed by atoms with Crippen molar-refractivity contribution in [1.82, 2.24) is 9.55 Å². The topological polar surface area (TPSA) is 63.8 Å². The molecule has 0 aliphatic heterocycles. The largest absolute Gasteiger partial charge is 0.399 e. The lowest BCUT2D eigenvalue weighted by atomic mass is 10.2. The lowest BCUT2D eigenvalue weighted by Crippen LogP contribution is -2.14. The van der Waals surface area contributed by atoms with Gasteiger partial charge in [0.1, 0.15) is 0 Å². The summed E-state index contributed by atoms with van der Waals surface area (Å²) in [6.07, 6.45) is 3.29. The number of hydrogen-bond donors (Lipinski definition) is 2. The molecule has 1 heterocycles. The summed E-state index contributed by atoms with van der Waals surface area (Å²) in [7, 11) is 0. The molecule has 14 heavy (non-hydrogen) atoms. The monoisotopic (exact) mass is 189 g/mol. The second kappa shape index (κ2) is 3.06. The average Bonchev–Trinajstić information content (AvgIpc) is 2.57. The maximum atomic E-state index is 11.3. The third kappa shape index (κ3) is 1.31. The molecule has 2 aromatic rings. The Balaban J connectivity index is 2.59. The predicted octanol–water partition coefficient (Wildman–Crippen LogP) is 1.06. The quantitative estimate of drug-likeness (QED) is 0.659. The van der Waals surface area contributed by atoms with Gasteiger partial charge in [0.25, 0.3) is 0 Å². The van der Waals surface area contributed by atoms with E-state index in [0.29, 0.717) is 0 Å². The number of benzene rings is 1. The maximum Gasteiger partial charge on any atom is 0.330 e. The Morgan fingerprint density at radius 1 is 1.43 bits per heavy atom. The Kier molecular flexibility index (Phi) is 1.89. The summed E-state index contributed by atoms with van der Waals surface area (Å²) in [5.74, 6) is 0. The van der Waals surface area contributed by atoms with E-state index in [0.717, 1.165) is 16.9 Å². The van der Waals surface area contributed by atoms with E-state index in [1.165, 1.54) is 4.57 Å². The van der Waals surface area contributed by atoms with E-state index in [1.54, 1.807) is 18.5 Å². The number of nitrogens with one attached hydrogen (secondary N) is 1. The number of nitrogens with zero attached hydrogens (tertiary/aromatic N) is 1. The number of aryl methyl sites for hydroxylation is 1. The predicted molar refractivity (Wildman–Crippen MR) is 55.5 cm³/mol. The molecule has 0 radical (unpaired) electrons. The summed E-state index contributed by atoms with van der Waals surface area (Å²) >= 11 is 0. The number of aromatic nitrogens is 2. The summed E-state index contributed by atoms with van der Waals surface area (Å²) < 4.78 is 1.53. The molecule has 0 amide bonds. The van der Waals surface area contributed by atoms with Gasteiger partial charge in [-0.2, -0.15) is 0 Å². The molecule has 0 saturated heterocycles. The summed E-state index contributed by atoms with van der Waals surface area (Å²) in [5.41, 5.74) is 8.06. The highest BCUT2D eigenvalue weighted by Crippen LogP contribution is 2.14. The van der Waals surface area contributed by atoms with Crippen LogP contribution in [0.15, 0.2) is 35.4 Å². The Morgan fingerprint density at radius 2 is 2.21 bits per heavy atom. The van der Waals surface area contributed by atoms with Crippen LogP contribution in [0.25, 0.3) is 5.69 Å². The van der Waals surface area contributed by atoms with Gasteiger partial charge in [-0.25, -0.2) is 4.79 Å². The molecule has 72 valence electrons. The van der Waals surface area contributed by atoms with Crippen molar-refractivity contribution in [1.29, 1.82) is 0 Å². The molecule has 0 spiro atoms. The smallest absolute Gasteiger partial charge is 0.330 e. The van der Waals surface area contributed by atoms with Crippen molar-refractivity contribution < 1.29 is 0 Å². The second-order valence-electron chi connectivity index (χ2n) is 3.18. The third-order valence-electron chi connectivity index (χ3n) is 2.18. The van der Waals surface area contributed by atoms with E-state index in [-0.39, 0.29) is 5.69 Å². The number of rotatable bonds is 1. The van der Waals surface area contributed by atoms with Crippen LogP contribution in [0.1, 0.15) is 5.56 Å². The molecule has 1 aromatic carbocycles. The van der Waals surface area contributed by atoms with Gasteiger partial charge in [-0.3, -0.25) is 4.57 Å². The molecular formula is C10H11N3O. The van der Waals surface area contributed by atoms with Crippen molar-refractivity contribution >= 4 is 5.69 Å². The molecule has 0 saturated carbocycles. The van der Waals surface area contributed by atoms with Crippen molar-refractivity contribution in [2.75, 3.05) is 5.73 Å². The number of nitrogen functional groups attached to an aromatic ring is 1. The van der Waals surface area contributed by atoms with Crippen LogP contribution in [-0.2, 0) is 0 Å². The summed E-state index contributed by atoms with van der Waals surface area (Å²) in [4.78, 5) is 13.9. The number of imidazole rings is 1. The zero-order chi connectivity index (χ0) is 10.1. The van der Waals surface area contributed by atoms with Crippen molar-refractivity contribution in [2.45, 2.75) is 6.92 Å². The molecule has 0 aliphatic rings. The van der Waals surface area contributed by atoms with E-state index >= 15 is 0 Å². The SMILES string of the molecule is Cc1cc(-n2cc[nH]c2=O)ccc1N. The number of H-pyrrole nitrogens is 1. The van der Waals surface area contributed by atoms with Gasteiger partial charge >= 0.3 is 5.69 Å². The van der Waals surface area contributed by atoms with Gasteiger partial charge in [-0.1, -0.05) is 0 Å². The minimum atomic E-state index is -0.144. The summed E-state index contributed by atoms with van der Waals surface area (Å²) in [5, 5.41) is 0. The highest BCUT2D eigenvalue weighted by molar-refractivity contribution is 5.51. The fourth-order valence-corrected chi connectivity index (χ4v) is 1.33. The first-order valence-electron chi connectivity index (χ1n) is 4.31. The first-order valence-corrected chi connectivity index (χ1v) is 4.31. The van der Waals surface area contributed by atoms with Gasteiger partial charge < -0.3 is 10.7 Å². The summed E-state index contributed by atoms with van der Waals surface area (Å²) in [6, 6.07) is 5.49. The van der Waals surface area contributed by atoms with Crippen LogP contribution in [0.3, 0.4) is 0 Å². The minimum Gasteiger partial charge on any atom is -0.399 e. The molecule has 0 unspecified atom stereocenters. The zero-order valence-corrected chi connectivity index (χ0v) is 7.82. The van der Waals surface area contributed by atoms with E-state index in [1.807, 2.05) is 19.1 Å². The van der Waals surface area contributed by atoms with Crippen LogP contribution in [0.5, 0.6) is 0 Å². The normalized spacial score (nSPS) is 10.4. The Labute approximate surface area is 81.0 Å². The molecule has 4 heteroatoms. The van der Waals surface area contributed by atoms with E-state index in [9.17, 15) is 4.79 Å². The molecule has 4 nitrogen and oxygen atoms in total. The maximum absolute atomic E-state index is 11.3. The molecule has 2 rings (SSSR count). The van der Waals surface area contributed by atoms with Crippen LogP contribution in [0.2, 0.25) is 0 Å². The minimum absolute atomic E-state index is 0.144. The fraction of sp³-hybridized carbons (Fsp3) is 0.100. The fourth-order valence-electron chi connectivity index (χ4n) is 1.33. The molecule has 0 atom stereocenters.